The minimum Gasteiger partial charge on any atom is -0.510 e. The van der Waals surface area contributed by atoms with Crippen LogP contribution in [0.3, 0.4) is 0 Å². The maximum Gasteiger partial charge on any atom is 0.183 e. The van der Waals surface area contributed by atoms with Crippen molar-refractivity contribution in [1.29, 1.82) is 0 Å². The van der Waals surface area contributed by atoms with E-state index in [9.17, 15) is 19.5 Å². The molecule has 4 atom stereocenters. The molecule has 0 saturated heterocycles. The predicted molar refractivity (Wildman–Crippen MR) is 118 cm³/mol. The van der Waals surface area contributed by atoms with E-state index in [1.807, 2.05) is 33.8 Å². The average Bonchev–Trinajstić information content (AvgIpc) is 2.97. The first-order valence-electron chi connectivity index (χ1n) is 11.4. The number of ketones is 3. The number of aliphatic hydroxyl groups is 1. The van der Waals surface area contributed by atoms with Gasteiger partial charge in [-0.1, -0.05) is 53.2 Å². The lowest BCUT2D eigenvalue weighted by Gasteiger charge is -2.38. The molecule has 2 saturated carbocycles. The van der Waals surface area contributed by atoms with E-state index >= 15 is 0 Å². The Morgan fingerprint density at radius 2 is 1.73 bits per heavy atom. The summed E-state index contributed by atoms with van der Waals surface area (Å²) in [6, 6.07) is 0. The molecule has 0 aromatic carbocycles. The summed E-state index contributed by atoms with van der Waals surface area (Å²) in [6.07, 6.45) is 3.46. The van der Waals surface area contributed by atoms with Crippen LogP contribution in [0.25, 0.3) is 0 Å². The van der Waals surface area contributed by atoms with Crippen molar-refractivity contribution in [2.45, 2.75) is 81.1 Å². The Bertz CT molecular complexity index is 852. The molecule has 3 rings (SSSR count). The first-order chi connectivity index (χ1) is 13.7. The molecular weight excluding hydrogens is 376 g/mol. The number of rotatable bonds is 6. The summed E-state index contributed by atoms with van der Waals surface area (Å²) in [5.74, 6) is -0.633. The topological polar surface area (TPSA) is 71.4 Å². The predicted octanol–water partition coefficient (Wildman–Crippen LogP) is 5.62. The Balaban J connectivity index is 2.25. The van der Waals surface area contributed by atoms with E-state index in [4.69, 9.17) is 0 Å². The second-order valence-corrected chi connectivity index (χ2v) is 11.6. The summed E-state index contributed by atoms with van der Waals surface area (Å²) in [6.45, 7) is 16.4. The first kappa shape index (κ1) is 23.0. The molecular formula is C26H38O4. The van der Waals surface area contributed by atoms with Gasteiger partial charge < -0.3 is 5.11 Å². The molecule has 2 bridgehead atoms. The number of aliphatic hydroxyl groups excluding tert-OH is 1. The molecule has 0 amide bonds. The average molecular weight is 415 g/mol. The fraction of sp³-hybridized carbons (Fsp3) is 0.731. The van der Waals surface area contributed by atoms with E-state index in [1.54, 1.807) is 0 Å². The van der Waals surface area contributed by atoms with Gasteiger partial charge in [-0.15, -0.1) is 0 Å². The van der Waals surface area contributed by atoms with Crippen LogP contribution in [-0.4, -0.2) is 22.5 Å². The van der Waals surface area contributed by atoms with Crippen LogP contribution in [0.15, 0.2) is 23.0 Å². The van der Waals surface area contributed by atoms with Crippen LogP contribution in [0.4, 0.5) is 0 Å². The van der Waals surface area contributed by atoms with E-state index in [0.29, 0.717) is 25.2 Å². The first-order valence-corrected chi connectivity index (χ1v) is 11.4. The Kier molecular flexibility index (Phi) is 5.49. The van der Waals surface area contributed by atoms with Crippen molar-refractivity contribution in [3.63, 3.8) is 0 Å². The number of hydrogen-bond acceptors (Lipinski definition) is 4. The highest BCUT2D eigenvalue weighted by atomic mass is 16.3. The summed E-state index contributed by atoms with van der Waals surface area (Å²) in [7, 11) is 0. The summed E-state index contributed by atoms with van der Waals surface area (Å²) in [4.78, 5) is 41.1. The van der Waals surface area contributed by atoms with E-state index in [-0.39, 0.29) is 52.5 Å². The number of allylic oxidation sites excluding steroid dienone is 4. The van der Waals surface area contributed by atoms with Crippen molar-refractivity contribution >= 4 is 17.3 Å². The lowest BCUT2D eigenvalue weighted by atomic mass is 9.63. The quantitative estimate of drug-likeness (QED) is 0.348. The largest absolute Gasteiger partial charge is 0.510 e. The van der Waals surface area contributed by atoms with Crippen LogP contribution in [0.5, 0.6) is 0 Å². The van der Waals surface area contributed by atoms with Gasteiger partial charge in [-0.05, 0) is 62.2 Å². The molecule has 4 heteroatoms. The van der Waals surface area contributed by atoms with Gasteiger partial charge >= 0.3 is 0 Å². The second kappa shape index (κ2) is 7.17. The van der Waals surface area contributed by atoms with E-state index in [1.165, 1.54) is 0 Å². The molecule has 0 heterocycles. The van der Waals surface area contributed by atoms with Crippen molar-refractivity contribution in [1.82, 2.24) is 0 Å². The Morgan fingerprint density at radius 3 is 2.23 bits per heavy atom. The van der Waals surface area contributed by atoms with Crippen molar-refractivity contribution in [2.75, 3.05) is 0 Å². The highest BCUT2D eigenvalue weighted by Gasteiger charge is 2.77. The summed E-state index contributed by atoms with van der Waals surface area (Å²) < 4.78 is 0. The molecule has 30 heavy (non-hydrogen) atoms. The Morgan fingerprint density at radius 1 is 1.13 bits per heavy atom. The molecule has 0 aromatic heterocycles. The minimum absolute atomic E-state index is 0.0753. The van der Waals surface area contributed by atoms with Crippen molar-refractivity contribution in [3.05, 3.63) is 23.0 Å². The van der Waals surface area contributed by atoms with Crippen molar-refractivity contribution < 1.29 is 19.5 Å². The molecule has 166 valence electrons. The summed E-state index contributed by atoms with van der Waals surface area (Å²) in [5.41, 5.74) is -1.54. The number of fused-ring (bicyclic) bond motifs is 1. The molecule has 0 radical (unpaired) electrons. The molecule has 3 aliphatic carbocycles. The van der Waals surface area contributed by atoms with Gasteiger partial charge in [0.15, 0.2) is 17.3 Å². The van der Waals surface area contributed by atoms with Crippen LogP contribution in [0.2, 0.25) is 0 Å². The third-order valence-corrected chi connectivity index (χ3v) is 8.24. The maximum atomic E-state index is 14.0. The highest BCUT2D eigenvalue weighted by molar-refractivity contribution is 6.32. The highest BCUT2D eigenvalue weighted by Crippen LogP contribution is 2.72. The van der Waals surface area contributed by atoms with Gasteiger partial charge in [-0.3, -0.25) is 14.4 Å². The van der Waals surface area contributed by atoms with Crippen molar-refractivity contribution in [3.8, 4) is 0 Å². The molecule has 4 nitrogen and oxygen atoms in total. The van der Waals surface area contributed by atoms with Gasteiger partial charge in [0.2, 0.25) is 0 Å². The maximum absolute atomic E-state index is 14.0. The van der Waals surface area contributed by atoms with Crippen molar-refractivity contribution in [2.24, 2.45) is 39.9 Å². The number of carbonyl (C=O) groups excluding carboxylic acids is 3. The minimum atomic E-state index is -1.16. The molecule has 1 N–H and O–H groups in total. The van der Waals surface area contributed by atoms with Crippen LogP contribution >= 0.6 is 0 Å². The van der Waals surface area contributed by atoms with Gasteiger partial charge in [-0.25, -0.2) is 0 Å². The summed E-state index contributed by atoms with van der Waals surface area (Å²) in [5, 5.41) is 11.3. The normalized spacial score (nSPS) is 34.7. The monoisotopic (exact) mass is 414 g/mol. The van der Waals surface area contributed by atoms with Gasteiger partial charge in [0.1, 0.15) is 11.3 Å². The molecule has 0 aliphatic heterocycles. The van der Waals surface area contributed by atoms with E-state index < -0.39 is 16.6 Å². The zero-order valence-electron chi connectivity index (χ0n) is 19.9. The number of carbonyl (C=O) groups is 3. The van der Waals surface area contributed by atoms with E-state index in [0.717, 1.165) is 5.57 Å². The van der Waals surface area contributed by atoms with Crippen LogP contribution in [0.1, 0.15) is 81.1 Å². The SMILES string of the molecule is CC(C)=CCC12C[C@H]3C(C)(C)C(C(C)C)C[C@@]3(C(=O)C(C(=O)CC(C)C)=C1O)C2=O. The van der Waals surface area contributed by atoms with Crippen LogP contribution in [0, 0.1) is 39.9 Å². The van der Waals surface area contributed by atoms with E-state index in [2.05, 4.69) is 27.7 Å². The van der Waals surface area contributed by atoms with Crippen LogP contribution < -0.4 is 0 Å². The number of Topliss-reactive ketones (excluding diaryl/α,β-unsaturated/α-hetero) is 3. The summed E-state index contributed by atoms with van der Waals surface area (Å²) >= 11 is 0. The Hall–Kier alpha value is -1.71. The fourth-order valence-electron chi connectivity index (χ4n) is 6.81. The van der Waals surface area contributed by atoms with Gasteiger partial charge in [0.25, 0.3) is 0 Å². The Labute approximate surface area is 181 Å². The third kappa shape index (κ3) is 2.89. The second-order valence-electron chi connectivity index (χ2n) is 11.6. The smallest absolute Gasteiger partial charge is 0.183 e. The lowest BCUT2D eigenvalue weighted by molar-refractivity contribution is -0.144. The lowest BCUT2D eigenvalue weighted by Crippen LogP contribution is -2.50. The fourth-order valence-corrected chi connectivity index (χ4v) is 6.81. The zero-order valence-corrected chi connectivity index (χ0v) is 19.9. The van der Waals surface area contributed by atoms with Gasteiger partial charge in [-0.2, -0.15) is 0 Å². The zero-order chi connectivity index (χ0) is 22.8. The molecule has 2 fully saturated rings. The molecule has 0 aromatic rings. The van der Waals surface area contributed by atoms with Crippen LogP contribution in [-0.2, 0) is 14.4 Å². The third-order valence-electron chi connectivity index (χ3n) is 8.24. The van der Waals surface area contributed by atoms with Gasteiger partial charge in [0.05, 0.1) is 10.8 Å². The molecule has 1 spiro atoms. The van der Waals surface area contributed by atoms with Gasteiger partial charge in [0, 0.05) is 6.42 Å². The molecule has 2 unspecified atom stereocenters. The number of hydrogen-bond donors (Lipinski definition) is 1. The molecule has 3 aliphatic rings. The standard InChI is InChI=1S/C26H38O4/c1-14(2)9-10-25-13-19-24(7,8)17(16(5)6)12-26(19,23(25)30)22(29)20(21(25)28)18(27)11-15(3)4/h9,15-17,19,28H,10-13H2,1-8H3/t17?,19-,25?,26+/m0/s1.